The molecule has 0 bridgehead atoms. The van der Waals surface area contributed by atoms with Crippen molar-refractivity contribution >= 4 is 34.0 Å². The second-order valence-corrected chi connectivity index (χ2v) is 8.50. The molecule has 6 nitrogen and oxygen atoms in total. The van der Waals surface area contributed by atoms with Gasteiger partial charge in [-0.3, -0.25) is 4.79 Å². The van der Waals surface area contributed by atoms with E-state index in [0.717, 1.165) is 38.5 Å². The molecule has 7 heteroatoms. The number of carbonyl (C=O) groups is 1. The SMILES string of the molecule is COc1ccc(CNC(=O)CSc2nccn3nc(-c4cccc5ccccc45)cc23)cc1. The van der Waals surface area contributed by atoms with Crippen LogP contribution in [-0.4, -0.2) is 33.4 Å². The molecule has 2 heterocycles. The fraction of sp³-hybridized carbons (Fsp3) is 0.115. The Morgan fingerprint density at radius 1 is 1.06 bits per heavy atom. The van der Waals surface area contributed by atoms with E-state index in [1.807, 2.05) is 59.2 Å². The number of rotatable bonds is 7. The van der Waals surface area contributed by atoms with Crippen LogP contribution in [-0.2, 0) is 11.3 Å². The molecule has 0 atom stereocenters. The third kappa shape index (κ3) is 4.54. The highest BCUT2D eigenvalue weighted by molar-refractivity contribution is 8.00. The molecular formula is C26H22N4O2S. The summed E-state index contributed by atoms with van der Waals surface area (Å²) in [4.78, 5) is 16.9. The van der Waals surface area contributed by atoms with Gasteiger partial charge in [0, 0.05) is 24.5 Å². The molecule has 164 valence electrons. The fourth-order valence-electron chi connectivity index (χ4n) is 3.72. The number of nitrogens with zero attached hydrogens (tertiary/aromatic N) is 3. The monoisotopic (exact) mass is 454 g/mol. The van der Waals surface area contributed by atoms with Crippen molar-refractivity contribution in [2.75, 3.05) is 12.9 Å². The summed E-state index contributed by atoms with van der Waals surface area (Å²) in [6.45, 7) is 0.471. The summed E-state index contributed by atoms with van der Waals surface area (Å²) < 4.78 is 6.98. The number of methoxy groups -OCH3 is 1. The molecule has 0 saturated heterocycles. The van der Waals surface area contributed by atoms with Crippen LogP contribution in [0.15, 0.2) is 90.2 Å². The van der Waals surface area contributed by atoms with Crippen molar-refractivity contribution in [3.63, 3.8) is 0 Å². The summed E-state index contributed by atoms with van der Waals surface area (Å²) in [7, 11) is 1.63. The summed E-state index contributed by atoms with van der Waals surface area (Å²) >= 11 is 1.41. The van der Waals surface area contributed by atoms with Crippen LogP contribution >= 0.6 is 11.8 Å². The minimum absolute atomic E-state index is 0.0478. The Kier molecular flexibility index (Phi) is 5.95. The Balaban J connectivity index is 1.31. The van der Waals surface area contributed by atoms with Crippen LogP contribution in [0.2, 0.25) is 0 Å². The number of hydrogen-bond acceptors (Lipinski definition) is 5. The predicted molar refractivity (Wildman–Crippen MR) is 131 cm³/mol. The Morgan fingerprint density at radius 2 is 1.88 bits per heavy atom. The highest BCUT2D eigenvalue weighted by atomic mass is 32.2. The number of benzene rings is 3. The maximum Gasteiger partial charge on any atom is 0.230 e. The molecule has 0 aliphatic carbocycles. The summed E-state index contributed by atoms with van der Waals surface area (Å²) in [5, 5.41) is 10.8. The minimum atomic E-state index is -0.0478. The number of fused-ring (bicyclic) bond motifs is 2. The molecule has 0 radical (unpaired) electrons. The Hall–Kier alpha value is -3.84. The van der Waals surface area contributed by atoms with Crippen molar-refractivity contribution in [3.8, 4) is 17.0 Å². The second-order valence-electron chi connectivity index (χ2n) is 7.53. The maximum absolute atomic E-state index is 12.4. The second kappa shape index (κ2) is 9.34. The van der Waals surface area contributed by atoms with Gasteiger partial charge in [0.25, 0.3) is 0 Å². The van der Waals surface area contributed by atoms with Gasteiger partial charge in [0.2, 0.25) is 5.91 Å². The number of aromatic nitrogens is 3. The highest BCUT2D eigenvalue weighted by Gasteiger charge is 2.13. The van der Waals surface area contributed by atoms with E-state index in [9.17, 15) is 4.79 Å². The first-order valence-corrected chi connectivity index (χ1v) is 11.5. The molecule has 2 aromatic heterocycles. The van der Waals surface area contributed by atoms with Gasteiger partial charge in [-0.25, -0.2) is 9.50 Å². The number of ether oxygens (including phenoxy) is 1. The van der Waals surface area contributed by atoms with Gasteiger partial charge in [-0.15, -0.1) is 0 Å². The van der Waals surface area contributed by atoms with E-state index in [2.05, 4.69) is 34.6 Å². The van der Waals surface area contributed by atoms with Crippen LogP contribution in [0.25, 0.3) is 27.5 Å². The molecule has 0 unspecified atom stereocenters. The molecular weight excluding hydrogens is 432 g/mol. The Labute approximate surface area is 195 Å². The minimum Gasteiger partial charge on any atom is -0.497 e. The van der Waals surface area contributed by atoms with Crippen LogP contribution in [0, 0.1) is 0 Å². The molecule has 3 aromatic carbocycles. The number of thioether (sulfide) groups is 1. The standard InChI is InChI=1S/C26H22N4O2S/c1-32-20-11-9-18(10-12-20)16-28-25(31)17-33-26-24-15-23(29-30(24)14-13-27-26)22-8-4-6-19-5-2-3-7-21(19)22/h2-15H,16-17H2,1H3,(H,28,31). The van der Waals surface area contributed by atoms with Crippen molar-refractivity contribution in [2.45, 2.75) is 11.6 Å². The zero-order valence-electron chi connectivity index (χ0n) is 18.1. The molecule has 0 fully saturated rings. The smallest absolute Gasteiger partial charge is 0.230 e. The summed E-state index contributed by atoms with van der Waals surface area (Å²) in [6.07, 6.45) is 3.54. The average molecular weight is 455 g/mol. The first kappa shape index (κ1) is 21.0. The van der Waals surface area contributed by atoms with Gasteiger partial charge in [-0.1, -0.05) is 66.4 Å². The van der Waals surface area contributed by atoms with E-state index in [1.54, 1.807) is 13.3 Å². The molecule has 5 aromatic rings. The third-order valence-electron chi connectivity index (χ3n) is 5.41. The number of hydrogen-bond donors (Lipinski definition) is 1. The Morgan fingerprint density at radius 3 is 2.73 bits per heavy atom. The molecule has 0 spiro atoms. The fourth-order valence-corrected chi connectivity index (χ4v) is 4.52. The van der Waals surface area contributed by atoms with Crippen LogP contribution in [0.5, 0.6) is 5.75 Å². The van der Waals surface area contributed by atoms with Crippen molar-refractivity contribution in [1.29, 1.82) is 0 Å². The van der Waals surface area contributed by atoms with Gasteiger partial charge in [-0.2, -0.15) is 5.10 Å². The molecule has 0 aliphatic rings. The van der Waals surface area contributed by atoms with Gasteiger partial charge in [0.1, 0.15) is 10.8 Å². The lowest BCUT2D eigenvalue weighted by molar-refractivity contribution is -0.118. The summed E-state index contributed by atoms with van der Waals surface area (Å²) in [6, 6.07) is 24.2. The van der Waals surface area contributed by atoms with Crippen LogP contribution in [0.1, 0.15) is 5.56 Å². The molecule has 1 amide bonds. The number of carbonyl (C=O) groups excluding carboxylic acids is 1. The normalized spacial score (nSPS) is 11.1. The first-order valence-electron chi connectivity index (χ1n) is 10.6. The van der Waals surface area contributed by atoms with E-state index in [4.69, 9.17) is 9.84 Å². The summed E-state index contributed by atoms with van der Waals surface area (Å²) in [5.74, 6) is 1.02. The number of nitrogens with one attached hydrogen (secondary N) is 1. The maximum atomic E-state index is 12.4. The lowest BCUT2D eigenvalue weighted by Gasteiger charge is -2.06. The van der Waals surface area contributed by atoms with E-state index in [1.165, 1.54) is 17.1 Å². The van der Waals surface area contributed by atoms with E-state index >= 15 is 0 Å². The van der Waals surface area contributed by atoms with Gasteiger partial charge in [0.15, 0.2) is 0 Å². The van der Waals surface area contributed by atoms with Crippen molar-refractivity contribution in [1.82, 2.24) is 19.9 Å². The Bertz CT molecular complexity index is 1420. The van der Waals surface area contributed by atoms with Gasteiger partial charge < -0.3 is 10.1 Å². The molecule has 1 N–H and O–H groups in total. The number of amides is 1. The van der Waals surface area contributed by atoms with Crippen LogP contribution < -0.4 is 10.1 Å². The van der Waals surface area contributed by atoms with E-state index in [0.29, 0.717) is 6.54 Å². The quantitative estimate of drug-likeness (QED) is 0.352. The molecule has 5 rings (SSSR count). The largest absolute Gasteiger partial charge is 0.497 e. The van der Waals surface area contributed by atoms with E-state index in [-0.39, 0.29) is 11.7 Å². The molecule has 0 aliphatic heterocycles. The third-order valence-corrected chi connectivity index (χ3v) is 6.40. The van der Waals surface area contributed by atoms with Crippen LogP contribution in [0.4, 0.5) is 0 Å². The zero-order valence-corrected chi connectivity index (χ0v) is 18.9. The van der Waals surface area contributed by atoms with Crippen molar-refractivity contribution in [2.24, 2.45) is 0 Å². The lowest BCUT2D eigenvalue weighted by Crippen LogP contribution is -2.24. The zero-order chi connectivity index (χ0) is 22.6. The molecule has 0 saturated carbocycles. The topological polar surface area (TPSA) is 68.5 Å². The summed E-state index contributed by atoms with van der Waals surface area (Å²) in [5.41, 5.74) is 3.86. The van der Waals surface area contributed by atoms with Crippen LogP contribution in [0.3, 0.4) is 0 Å². The average Bonchev–Trinajstić information content (AvgIpc) is 3.31. The van der Waals surface area contributed by atoms with Gasteiger partial charge >= 0.3 is 0 Å². The van der Waals surface area contributed by atoms with Crippen molar-refractivity contribution < 1.29 is 9.53 Å². The lowest BCUT2D eigenvalue weighted by atomic mass is 10.0. The van der Waals surface area contributed by atoms with Gasteiger partial charge in [-0.05, 0) is 34.5 Å². The van der Waals surface area contributed by atoms with Crippen molar-refractivity contribution in [3.05, 3.63) is 90.8 Å². The van der Waals surface area contributed by atoms with Gasteiger partial charge in [0.05, 0.1) is 24.1 Å². The predicted octanol–water partition coefficient (Wildman–Crippen LogP) is 4.97. The van der Waals surface area contributed by atoms with E-state index < -0.39 is 0 Å². The molecule has 33 heavy (non-hydrogen) atoms. The first-order chi connectivity index (χ1) is 16.2. The highest BCUT2D eigenvalue weighted by Crippen LogP contribution is 2.30.